The molecule has 2 heterocycles. The van der Waals surface area contributed by atoms with Gasteiger partial charge in [-0.2, -0.15) is 0 Å². The quantitative estimate of drug-likeness (QED) is 0.363. The summed E-state index contributed by atoms with van der Waals surface area (Å²) in [5, 5.41) is 4.30. The minimum atomic E-state index is -0.157. The lowest BCUT2D eigenvalue weighted by Gasteiger charge is -2.35. The molecule has 1 aliphatic rings. The molecule has 0 spiro atoms. The number of halogens is 2. The van der Waals surface area contributed by atoms with Gasteiger partial charge in [0.15, 0.2) is 0 Å². The van der Waals surface area contributed by atoms with Crippen molar-refractivity contribution < 1.29 is 4.79 Å². The molecular formula is C24H25Cl2N5OS2. The van der Waals surface area contributed by atoms with E-state index in [4.69, 9.17) is 23.2 Å². The molecule has 1 amide bonds. The standard InChI is InChI=1S/C24H25Cl2N5OS2/c1-29(33-2)23-16-27-8-7-22(23)24(32)28-19-3-5-21(6-4-19)34-31-11-9-30(10-12-31)20-14-17(25)13-18(26)15-20/h3-8,13-16H,9-12H2,1-2H3,(H,28,32). The van der Waals surface area contributed by atoms with Crippen LogP contribution in [0.4, 0.5) is 17.1 Å². The zero-order valence-electron chi connectivity index (χ0n) is 18.9. The molecule has 6 nitrogen and oxygen atoms in total. The average Bonchev–Trinajstić information content (AvgIpc) is 2.84. The summed E-state index contributed by atoms with van der Waals surface area (Å²) in [6.07, 6.45) is 5.29. The fraction of sp³-hybridized carbons (Fsp3) is 0.250. The van der Waals surface area contributed by atoms with E-state index < -0.39 is 0 Å². The highest BCUT2D eigenvalue weighted by molar-refractivity contribution is 7.99. The molecule has 0 atom stereocenters. The molecule has 1 saturated heterocycles. The molecule has 178 valence electrons. The van der Waals surface area contributed by atoms with Crippen LogP contribution in [0.2, 0.25) is 10.0 Å². The number of hydrogen-bond donors (Lipinski definition) is 1. The summed E-state index contributed by atoms with van der Waals surface area (Å²) in [6, 6.07) is 15.3. The van der Waals surface area contributed by atoms with Gasteiger partial charge in [-0.05, 0) is 60.5 Å². The minimum absolute atomic E-state index is 0.157. The lowest BCUT2D eigenvalue weighted by Crippen LogP contribution is -2.43. The van der Waals surface area contributed by atoms with Gasteiger partial charge in [0.1, 0.15) is 0 Å². The number of amides is 1. The Labute approximate surface area is 218 Å². The Morgan fingerprint density at radius 1 is 1.03 bits per heavy atom. The van der Waals surface area contributed by atoms with E-state index in [0.29, 0.717) is 15.6 Å². The third-order valence-electron chi connectivity index (χ3n) is 5.46. The number of aromatic nitrogens is 1. The number of anilines is 3. The van der Waals surface area contributed by atoms with Crippen LogP contribution in [0.25, 0.3) is 0 Å². The van der Waals surface area contributed by atoms with Crippen LogP contribution in [-0.2, 0) is 0 Å². The Morgan fingerprint density at radius 3 is 2.35 bits per heavy atom. The first-order valence-electron chi connectivity index (χ1n) is 10.7. The van der Waals surface area contributed by atoms with Crippen LogP contribution < -0.4 is 14.5 Å². The highest BCUT2D eigenvalue weighted by Gasteiger charge is 2.19. The van der Waals surface area contributed by atoms with E-state index in [-0.39, 0.29) is 5.91 Å². The summed E-state index contributed by atoms with van der Waals surface area (Å²) >= 11 is 15.6. The van der Waals surface area contributed by atoms with Gasteiger partial charge in [-0.15, -0.1) is 0 Å². The van der Waals surface area contributed by atoms with Crippen LogP contribution in [0.15, 0.2) is 65.8 Å². The van der Waals surface area contributed by atoms with Crippen molar-refractivity contribution in [3.05, 3.63) is 76.5 Å². The van der Waals surface area contributed by atoms with Gasteiger partial charge in [0.05, 0.1) is 17.4 Å². The van der Waals surface area contributed by atoms with Crippen molar-refractivity contribution >= 4 is 70.1 Å². The fourth-order valence-corrected chi connectivity index (χ4v) is 5.39. The molecule has 2 aromatic carbocycles. The van der Waals surface area contributed by atoms with Crippen molar-refractivity contribution in [2.75, 3.05) is 54.0 Å². The fourth-order valence-electron chi connectivity index (χ4n) is 3.63. The Kier molecular flexibility index (Phi) is 8.50. The summed E-state index contributed by atoms with van der Waals surface area (Å²) in [7, 11) is 1.91. The maximum Gasteiger partial charge on any atom is 0.257 e. The monoisotopic (exact) mass is 533 g/mol. The van der Waals surface area contributed by atoms with Gasteiger partial charge in [-0.1, -0.05) is 35.1 Å². The third kappa shape index (κ3) is 6.31. The summed E-state index contributed by atoms with van der Waals surface area (Å²) in [6.45, 7) is 3.63. The van der Waals surface area contributed by atoms with E-state index in [1.165, 1.54) is 11.9 Å². The Bertz CT molecular complexity index is 1120. The minimum Gasteiger partial charge on any atom is -0.369 e. The van der Waals surface area contributed by atoms with Gasteiger partial charge in [0.2, 0.25) is 0 Å². The molecule has 0 saturated carbocycles. The molecule has 1 N–H and O–H groups in total. The molecule has 34 heavy (non-hydrogen) atoms. The summed E-state index contributed by atoms with van der Waals surface area (Å²) in [5.41, 5.74) is 3.18. The van der Waals surface area contributed by atoms with E-state index in [1.54, 1.807) is 36.5 Å². The van der Waals surface area contributed by atoms with E-state index in [9.17, 15) is 4.79 Å². The third-order valence-corrected chi connectivity index (χ3v) is 7.74. The van der Waals surface area contributed by atoms with E-state index in [0.717, 1.165) is 48.1 Å². The topological polar surface area (TPSA) is 51.7 Å². The van der Waals surface area contributed by atoms with Crippen LogP contribution in [-0.4, -0.2) is 54.7 Å². The zero-order valence-corrected chi connectivity index (χ0v) is 22.0. The van der Waals surface area contributed by atoms with E-state index >= 15 is 0 Å². The lowest BCUT2D eigenvalue weighted by atomic mass is 10.2. The van der Waals surface area contributed by atoms with Crippen molar-refractivity contribution in [2.24, 2.45) is 0 Å². The molecule has 4 rings (SSSR count). The summed E-state index contributed by atoms with van der Waals surface area (Å²) in [5.74, 6) is -0.157. The maximum atomic E-state index is 12.8. The molecule has 0 aliphatic carbocycles. The second kappa shape index (κ2) is 11.6. The van der Waals surface area contributed by atoms with E-state index in [1.807, 2.05) is 54.0 Å². The predicted molar refractivity (Wildman–Crippen MR) is 147 cm³/mol. The van der Waals surface area contributed by atoms with Crippen molar-refractivity contribution in [3.8, 4) is 0 Å². The maximum absolute atomic E-state index is 12.8. The van der Waals surface area contributed by atoms with Crippen molar-refractivity contribution in [1.82, 2.24) is 9.29 Å². The van der Waals surface area contributed by atoms with Gasteiger partial charge >= 0.3 is 0 Å². The molecule has 0 bridgehead atoms. The Balaban J connectivity index is 1.32. The molecule has 1 aromatic heterocycles. The second-order valence-corrected chi connectivity index (χ2v) is 10.6. The van der Waals surface area contributed by atoms with Gasteiger partial charge in [0, 0.05) is 72.0 Å². The number of rotatable bonds is 7. The van der Waals surface area contributed by atoms with Crippen LogP contribution in [0.1, 0.15) is 10.4 Å². The Hall–Kier alpha value is -2.10. The number of pyridine rings is 1. The molecule has 1 aliphatic heterocycles. The van der Waals surface area contributed by atoms with Crippen LogP contribution in [0.3, 0.4) is 0 Å². The number of nitrogens with zero attached hydrogens (tertiary/aromatic N) is 4. The Morgan fingerprint density at radius 2 is 1.71 bits per heavy atom. The van der Waals surface area contributed by atoms with Crippen LogP contribution in [0, 0.1) is 0 Å². The number of nitrogens with one attached hydrogen (secondary N) is 1. The van der Waals surface area contributed by atoms with Crippen molar-refractivity contribution in [2.45, 2.75) is 4.90 Å². The number of piperazine rings is 1. The summed E-state index contributed by atoms with van der Waals surface area (Å²) < 4.78 is 4.26. The number of hydrogen-bond acceptors (Lipinski definition) is 7. The molecule has 0 unspecified atom stereocenters. The zero-order chi connectivity index (χ0) is 24.1. The lowest BCUT2D eigenvalue weighted by molar-refractivity contribution is 0.102. The largest absolute Gasteiger partial charge is 0.369 e. The first kappa shape index (κ1) is 25.0. The SMILES string of the molecule is CSN(C)c1cnccc1C(=O)Nc1ccc(SN2CCN(c3cc(Cl)cc(Cl)c3)CC2)cc1. The molecule has 3 aromatic rings. The normalized spacial score (nSPS) is 14.2. The molecular weight excluding hydrogens is 509 g/mol. The number of benzene rings is 2. The highest BCUT2D eigenvalue weighted by Crippen LogP contribution is 2.30. The number of carbonyl (C=O) groups is 1. The molecule has 10 heteroatoms. The average molecular weight is 535 g/mol. The van der Waals surface area contributed by atoms with Gasteiger partial charge < -0.3 is 14.5 Å². The van der Waals surface area contributed by atoms with E-state index in [2.05, 4.69) is 19.5 Å². The molecule has 0 radical (unpaired) electrons. The van der Waals surface area contributed by atoms with Crippen LogP contribution in [0.5, 0.6) is 0 Å². The molecule has 1 fully saturated rings. The highest BCUT2D eigenvalue weighted by atomic mass is 35.5. The van der Waals surface area contributed by atoms with Crippen LogP contribution >= 0.6 is 47.1 Å². The smallest absolute Gasteiger partial charge is 0.257 e. The number of carbonyl (C=O) groups excluding carboxylic acids is 1. The second-order valence-electron chi connectivity index (χ2n) is 7.69. The summed E-state index contributed by atoms with van der Waals surface area (Å²) in [4.78, 5) is 20.4. The van der Waals surface area contributed by atoms with Gasteiger partial charge in [-0.3, -0.25) is 9.78 Å². The van der Waals surface area contributed by atoms with Crippen molar-refractivity contribution in [3.63, 3.8) is 0 Å². The first-order valence-corrected chi connectivity index (χ1v) is 13.4. The van der Waals surface area contributed by atoms with Gasteiger partial charge in [-0.25, -0.2) is 4.31 Å². The van der Waals surface area contributed by atoms with Crippen molar-refractivity contribution in [1.29, 1.82) is 0 Å². The predicted octanol–water partition coefficient (Wildman–Crippen LogP) is 6.18. The first-order chi connectivity index (χ1) is 16.4. The van der Waals surface area contributed by atoms with Gasteiger partial charge in [0.25, 0.3) is 5.91 Å².